The first kappa shape index (κ1) is 11.4. The molecule has 0 aliphatic heterocycles. The summed E-state index contributed by atoms with van der Waals surface area (Å²) in [5.41, 5.74) is 2.42. The summed E-state index contributed by atoms with van der Waals surface area (Å²) in [7, 11) is 3.15. The summed E-state index contributed by atoms with van der Waals surface area (Å²) in [6, 6.07) is 7.49. The van der Waals surface area contributed by atoms with Gasteiger partial charge in [0.1, 0.15) is 5.82 Å². The molecule has 17 heavy (non-hydrogen) atoms. The second-order valence-corrected chi connectivity index (χ2v) is 3.82. The lowest BCUT2D eigenvalue weighted by molar-refractivity contribution is 0.0603. The van der Waals surface area contributed by atoms with Gasteiger partial charge in [0.15, 0.2) is 0 Å². The van der Waals surface area contributed by atoms with Crippen LogP contribution in [0.5, 0.6) is 0 Å². The Morgan fingerprint density at radius 1 is 1.35 bits per heavy atom. The number of ether oxygens (including phenoxy) is 1. The number of nitrogens with one attached hydrogen (secondary N) is 1. The van der Waals surface area contributed by atoms with E-state index in [2.05, 4.69) is 10.3 Å². The first-order valence-corrected chi connectivity index (χ1v) is 5.33. The molecular weight excluding hydrogens is 216 g/mol. The third-order valence-electron chi connectivity index (χ3n) is 2.63. The molecule has 1 N–H and O–H groups in total. The molecule has 4 nitrogen and oxygen atoms in total. The number of aromatic nitrogens is 1. The van der Waals surface area contributed by atoms with Gasteiger partial charge in [-0.2, -0.15) is 0 Å². The number of esters is 1. The first-order valence-electron chi connectivity index (χ1n) is 5.33. The molecule has 0 atom stereocenters. The predicted molar refractivity (Wildman–Crippen MR) is 67.4 cm³/mol. The minimum absolute atomic E-state index is 0.349. The summed E-state index contributed by atoms with van der Waals surface area (Å²) in [5, 5.41) is 3.75. The number of hydrogen-bond acceptors (Lipinski definition) is 4. The third-order valence-corrected chi connectivity index (χ3v) is 2.63. The Bertz CT molecular complexity index is 579. The summed E-state index contributed by atoms with van der Waals surface area (Å²) in [5.74, 6) is 0.307. The fraction of sp³-hybridized carbons (Fsp3) is 0.231. The van der Waals surface area contributed by atoms with Crippen LogP contribution in [0.15, 0.2) is 24.3 Å². The van der Waals surface area contributed by atoms with Crippen molar-refractivity contribution >= 4 is 22.7 Å². The standard InChI is InChI=1S/C13H14N2O2/c1-8-4-5-9-10(13(16)17-3)7-12(14-2)15-11(9)6-8/h4-7H,1-3H3,(H,14,15). The maximum atomic E-state index is 11.7. The van der Waals surface area contributed by atoms with Crippen molar-refractivity contribution in [2.24, 2.45) is 0 Å². The highest BCUT2D eigenvalue weighted by atomic mass is 16.5. The van der Waals surface area contributed by atoms with Gasteiger partial charge in [-0.25, -0.2) is 9.78 Å². The van der Waals surface area contributed by atoms with E-state index in [-0.39, 0.29) is 5.97 Å². The quantitative estimate of drug-likeness (QED) is 0.805. The third kappa shape index (κ3) is 2.06. The predicted octanol–water partition coefficient (Wildman–Crippen LogP) is 2.37. The van der Waals surface area contributed by atoms with Crippen molar-refractivity contribution in [3.8, 4) is 0 Å². The molecule has 0 saturated heterocycles. The zero-order valence-corrected chi connectivity index (χ0v) is 10.1. The highest BCUT2D eigenvalue weighted by Crippen LogP contribution is 2.22. The molecule has 0 amide bonds. The van der Waals surface area contributed by atoms with Crippen LogP contribution < -0.4 is 5.32 Å². The molecule has 1 aromatic carbocycles. The number of nitrogens with zero attached hydrogens (tertiary/aromatic N) is 1. The van der Waals surface area contributed by atoms with E-state index in [4.69, 9.17) is 4.74 Å². The van der Waals surface area contributed by atoms with Crippen molar-refractivity contribution in [2.75, 3.05) is 19.5 Å². The number of carbonyl (C=O) groups is 1. The number of methoxy groups -OCH3 is 1. The molecule has 0 aliphatic carbocycles. The van der Waals surface area contributed by atoms with E-state index in [0.29, 0.717) is 11.4 Å². The van der Waals surface area contributed by atoms with Crippen LogP contribution in [0.2, 0.25) is 0 Å². The molecule has 0 fully saturated rings. The molecule has 0 spiro atoms. The Morgan fingerprint density at radius 3 is 2.76 bits per heavy atom. The number of carbonyl (C=O) groups excluding carboxylic acids is 1. The van der Waals surface area contributed by atoms with Crippen molar-refractivity contribution in [3.63, 3.8) is 0 Å². The van der Waals surface area contributed by atoms with Gasteiger partial charge in [-0.05, 0) is 24.6 Å². The molecular formula is C13H14N2O2. The van der Waals surface area contributed by atoms with Gasteiger partial charge in [-0.15, -0.1) is 0 Å². The molecule has 0 unspecified atom stereocenters. The van der Waals surface area contributed by atoms with Gasteiger partial charge in [0.25, 0.3) is 0 Å². The smallest absolute Gasteiger partial charge is 0.338 e. The van der Waals surface area contributed by atoms with Crippen molar-refractivity contribution in [2.45, 2.75) is 6.92 Å². The molecule has 0 aliphatic rings. The van der Waals surface area contributed by atoms with Crippen molar-refractivity contribution in [1.29, 1.82) is 0 Å². The van der Waals surface area contributed by atoms with Crippen LogP contribution in [0.4, 0.5) is 5.82 Å². The number of benzene rings is 1. The second kappa shape index (κ2) is 4.41. The lowest BCUT2D eigenvalue weighted by Crippen LogP contribution is -2.05. The van der Waals surface area contributed by atoms with E-state index in [0.717, 1.165) is 16.5 Å². The topological polar surface area (TPSA) is 51.2 Å². The molecule has 1 aromatic heterocycles. The average molecular weight is 230 g/mol. The zero-order valence-electron chi connectivity index (χ0n) is 10.1. The maximum Gasteiger partial charge on any atom is 0.338 e. The second-order valence-electron chi connectivity index (χ2n) is 3.82. The van der Waals surface area contributed by atoms with Crippen LogP contribution in [0.3, 0.4) is 0 Å². The van der Waals surface area contributed by atoms with E-state index < -0.39 is 0 Å². The van der Waals surface area contributed by atoms with Crippen LogP contribution in [0.1, 0.15) is 15.9 Å². The fourth-order valence-corrected chi connectivity index (χ4v) is 1.75. The number of anilines is 1. The highest BCUT2D eigenvalue weighted by Gasteiger charge is 2.12. The van der Waals surface area contributed by atoms with Gasteiger partial charge in [-0.3, -0.25) is 0 Å². The lowest BCUT2D eigenvalue weighted by atomic mass is 10.1. The Morgan fingerprint density at radius 2 is 2.12 bits per heavy atom. The van der Waals surface area contributed by atoms with Gasteiger partial charge in [-0.1, -0.05) is 12.1 Å². The molecule has 2 aromatic rings. The van der Waals surface area contributed by atoms with Crippen LogP contribution >= 0.6 is 0 Å². The minimum atomic E-state index is -0.349. The largest absolute Gasteiger partial charge is 0.465 e. The number of rotatable bonds is 2. The van der Waals surface area contributed by atoms with Crippen LogP contribution in [0, 0.1) is 6.92 Å². The minimum Gasteiger partial charge on any atom is -0.465 e. The van der Waals surface area contributed by atoms with Crippen molar-refractivity contribution < 1.29 is 9.53 Å². The molecule has 0 radical (unpaired) electrons. The molecule has 1 heterocycles. The number of hydrogen-bond donors (Lipinski definition) is 1. The molecule has 4 heteroatoms. The van der Waals surface area contributed by atoms with Crippen molar-refractivity contribution in [3.05, 3.63) is 35.4 Å². The fourth-order valence-electron chi connectivity index (χ4n) is 1.75. The van der Waals surface area contributed by atoms with E-state index in [1.54, 1.807) is 13.1 Å². The Hall–Kier alpha value is -2.10. The summed E-state index contributed by atoms with van der Waals surface area (Å²) >= 11 is 0. The van der Waals surface area contributed by atoms with E-state index in [1.807, 2.05) is 25.1 Å². The normalized spacial score (nSPS) is 10.3. The molecule has 88 valence electrons. The molecule has 0 bridgehead atoms. The van der Waals surface area contributed by atoms with Gasteiger partial charge in [0.05, 0.1) is 18.2 Å². The Kier molecular flexibility index (Phi) is 2.95. The molecule has 0 saturated carbocycles. The van der Waals surface area contributed by atoms with Gasteiger partial charge in [0, 0.05) is 12.4 Å². The summed E-state index contributed by atoms with van der Waals surface area (Å²) < 4.78 is 4.78. The van der Waals surface area contributed by atoms with E-state index in [9.17, 15) is 4.79 Å². The van der Waals surface area contributed by atoms with E-state index >= 15 is 0 Å². The van der Waals surface area contributed by atoms with Gasteiger partial charge >= 0.3 is 5.97 Å². The monoisotopic (exact) mass is 230 g/mol. The number of pyridine rings is 1. The SMILES string of the molecule is CNc1cc(C(=O)OC)c2ccc(C)cc2n1. The zero-order chi connectivity index (χ0) is 12.4. The lowest BCUT2D eigenvalue weighted by Gasteiger charge is -2.08. The Labute approximate surface area is 99.6 Å². The van der Waals surface area contributed by atoms with Gasteiger partial charge < -0.3 is 10.1 Å². The maximum absolute atomic E-state index is 11.7. The number of fused-ring (bicyclic) bond motifs is 1. The summed E-state index contributed by atoms with van der Waals surface area (Å²) in [6.07, 6.45) is 0. The van der Waals surface area contributed by atoms with Gasteiger partial charge in [0.2, 0.25) is 0 Å². The first-order chi connectivity index (χ1) is 8.15. The summed E-state index contributed by atoms with van der Waals surface area (Å²) in [6.45, 7) is 1.99. The Balaban J connectivity index is 2.75. The van der Waals surface area contributed by atoms with Crippen LogP contribution in [0.25, 0.3) is 10.9 Å². The average Bonchev–Trinajstić information content (AvgIpc) is 2.35. The van der Waals surface area contributed by atoms with Crippen LogP contribution in [-0.2, 0) is 4.74 Å². The molecule has 2 rings (SSSR count). The highest BCUT2D eigenvalue weighted by molar-refractivity contribution is 6.04. The van der Waals surface area contributed by atoms with Crippen molar-refractivity contribution in [1.82, 2.24) is 4.98 Å². The summed E-state index contributed by atoms with van der Waals surface area (Å²) in [4.78, 5) is 16.1. The van der Waals surface area contributed by atoms with Crippen LogP contribution in [-0.4, -0.2) is 25.1 Å². The number of aryl methyl sites for hydroxylation is 1. The van der Waals surface area contributed by atoms with E-state index in [1.165, 1.54) is 7.11 Å².